The molecule has 0 bridgehead atoms. The van der Waals surface area contributed by atoms with Crippen molar-refractivity contribution >= 4 is 11.8 Å². The summed E-state index contributed by atoms with van der Waals surface area (Å²) in [5.41, 5.74) is 0.316. The van der Waals surface area contributed by atoms with Gasteiger partial charge in [-0.15, -0.1) is 0 Å². The van der Waals surface area contributed by atoms with E-state index in [0.717, 1.165) is 0 Å². The summed E-state index contributed by atoms with van der Waals surface area (Å²) in [5, 5.41) is 19.1. The molecule has 0 aromatic carbocycles. The van der Waals surface area contributed by atoms with E-state index in [1.165, 1.54) is 0 Å². The number of carbonyl (C=O) groups is 2. The van der Waals surface area contributed by atoms with Gasteiger partial charge in [0, 0.05) is 17.4 Å². The van der Waals surface area contributed by atoms with Gasteiger partial charge in [-0.25, -0.2) is 4.79 Å². The zero-order valence-electron chi connectivity index (χ0n) is 15.3. The van der Waals surface area contributed by atoms with Gasteiger partial charge in [0.05, 0.1) is 19.8 Å². The minimum atomic E-state index is -0.533. The van der Waals surface area contributed by atoms with Crippen LogP contribution in [0.1, 0.15) is 52.9 Å². The molecule has 1 atom stereocenters. The molecule has 0 aromatic heterocycles. The number of hydrogen-bond acceptors (Lipinski definition) is 5. The van der Waals surface area contributed by atoms with Crippen LogP contribution in [0.3, 0.4) is 0 Å². The molecule has 0 heterocycles. The number of aliphatic hydroxyl groups is 2. The van der Waals surface area contributed by atoms with Crippen molar-refractivity contribution in [2.24, 2.45) is 11.3 Å². The summed E-state index contributed by atoms with van der Waals surface area (Å²) in [6.45, 7) is 12.4. The van der Waals surface area contributed by atoms with E-state index in [1.807, 2.05) is 6.92 Å². The second kappa shape index (κ2) is 11.2. The molecule has 0 fully saturated rings. The molecule has 0 saturated heterocycles. The fourth-order valence-electron chi connectivity index (χ4n) is 2.30. The first-order chi connectivity index (χ1) is 11.2. The molecule has 0 amide bonds. The van der Waals surface area contributed by atoms with Gasteiger partial charge in [-0.05, 0) is 51.0 Å². The van der Waals surface area contributed by atoms with Gasteiger partial charge in [-0.1, -0.05) is 20.1 Å². The third-order valence-electron chi connectivity index (χ3n) is 4.56. The van der Waals surface area contributed by atoms with Crippen LogP contribution in [-0.2, 0) is 14.3 Å². The Labute approximate surface area is 145 Å². The number of rotatable bonds is 13. The van der Waals surface area contributed by atoms with E-state index in [4.69, 9.17) is 4.74 Å². The normalized spacial score (nSPS) is 12.5. The Balaban J connectivity index is 4.77. The lowest BCUT2D eigenvalue weighted by molar-refractivity contribution is -0.140. The number of ketones is 1. The quantitative estimate of drug-likeness (QED) is 0.398. The van der Waals surface area contributed by atoms with Crippen molar-refractivity contribution in [1.29, 1.82) is 0 Å². The molecular weight excluding hydrogens is 308 g/mol. The standard InChI is InChI=1S/C19H32O5/c1-6-19(12-20,13-21)10-9-16(7-8-17(22)14(2)3)11-24-18(23)15(4)5/h16,20-21H,2,4,6-13H2,1,3,5H3. The van der Waals surface area contributed by atoms with Crippen LogP contribution in [0.5, 0.6) is 0 Å². The predicted octanol–water partition coefficient (Wildman–Crippen LogP) is 2.81. The number of allylic oxidation sites excluding steroid dienone is 1. The average Bonchev–Trinajstić information content (AvgIpc) is 2.57. The highest BCUT2D eigenvalue weighted by molar-refractivity contribution is 5.94. The SMILES string of the molecule is C=C(C)C(=O)CCC(CCC(CC)(CO)CO)COC(=O)C(=C)C. The van der Waals surface area contributed by atoms with Crippen LogP contribution >= 0.6 is 0 Å². The van der Waals surface area contributed by atoms with Crippen molar-refractivity contribution < 1.29 is 24.5 Å². The van der Waals surface area contributed by atoms with Gasteiger partial charge in [0.2, 0.25) is 0 Å². The van der Waals surface area contributed by atoms with Crippen molar-refractivity contribution in [2.75, 3.05) is 19.8 Å². The Bertz CT molecular complexity index is 410. The molecule has 24 heavy (non-hydrogen) atoms. The molecule has 138 valence electrons. The third kappa shape index (κ3) is 7.88. The summed E-state index contributed by atoms with van der Waals surface area (Å²) >= 11 is 0. The lowest BCUT2D eigenvalue weighted by atomic mass is 9.79. The number of Topliss-reactive ketones (excluding diaryl/α,β-unsaturated/α-hetero) is 1. The fraction of sp³-hybridized carbons (Fsp3) is 0.684. The highest BCUT2D eigenvalue weighted by Crippen LogP contribution is 2.30. The monoisotopic (exact) mass is 340 g/mol. The zero-order chi connectivity index (χ0) is 18.8. The molecule has 2 N–H and O–H groups in total. The second-order valence-electron chi connectivity index (χ2n) is 6.70. The molecule has 0 aliphatic carbocycles. The number of carbonyl (C=O) groups excluding carboxylic acids is 2. The van der Waals surface area contributed by atoms with Gasteiger partial charge in [-0.3, -0.25) is 4.79 Å². The Kier molecular flexibility index (Phi) is 10.5. The summed E-state index contributed by atoms with van der Waals surface area (Å²) in [6, 6.07) is 0. The van der Waals surface area contributed by atoms with Crippen molar-refractivity contribution in [1.82, 2.24) is 0 Å². The number of esters is 1. The number of hydrogen-bond donors (Lipinski definition) is 2. The molecule has 5 nitrogen and oxygen atoms in total. The fourth-order valence-corrected chi connectivity index (χ4v) is 2.30. The Hall–Kier alpha value is -1.46. The molecule has 0 spiro atoms. The molecular formula is C19H32O5. The van der Waals surface area contributed by atoms with Crippen LogP contribution in [-0.4, -0.2) is 41.8 Å². The molecule has 0 saturated carbocycles. The van der Waals surface area contributed by atoms with Gasteiger partial charge in [0.25, 0.3) is 0 Å². The van der Waals surface area contributed by atoms with Crippen molar-refractivity contribution in [2.45, 2.75) is 52.9 Å². The van der Waals surface area contributed by atoms with Crippen LogP contribution in [0, 0.1) is 11.3 Å². The summed E-state index contributed by atoms with van der Waals surface area (Å²) in [6.07, 6.45) is 2.84. The highest BCUT2D eigenvalue weighted by Gasteiger charge is 2.28. The first-order valence-electron chi connectivity index (χ1n) is 8.44. The molecule has 0 aliphatic heterocycles. The van der Waals surface area contributed by atoms with Gasteiger partial charge >= 0.3 is 5.97 Å². The van der Waals surface area contributed by atoms with Crippen LogP contribution in [0.25, 0.3) is 0 Å². The van der Waals surface area contributed by atoms with E-state index in [1.54, 1.807) is 13.8 Å². The van der Waals surface area contributed by atoms with Crippen LogP contribution in [0.15, 0.2) is 24.3 Å². The second-order valence-corrected chi connectivity index (χ2v) is 6.70. The van der Waals surface area contributed by atoms with E-state index < -0.39 is 11.4 Å². The molecule has 0 aliphatic rings. The van der Waals surface area contributed by atoms with Gasteiger partial charge in [0.1, 0.15) is 0 Å². The Morgan fingerprint density at radius 3 is 2.08 bits per heavy atom. The first-order valence-corrected chi connectivity index (χ1v) is 8.44. The molecule has 0 rings (SSSR count). The molecule has 0 radical (unpaired) electrons. The van der Waals surface area contributed by atoms with Crippen LogP contribution in [0.4, 0.5) is 0 Å². The van der Waals surface area contributed by atoms with Crippen LogP contribution < -0.4 is 0 Å². The van der Waals surface area contributed by atoms with E-state index >= 15 is 0 Å². The molecule has 1 unspecified atom stereocenters. The lowest BCUT2D eigenvalue weighted by Crippen LogP contribution is -2.30. The van der Waals surface area contributed by atoms with E-state index in [0.29, 0.717) is 43.3 Å². The maximum absolute atomic E-state index is 11.8. The van der Waals surface area contributed by atoms with E-state index in [2.05, 4.69) is 13.2 Å². The Morgan fingerprint density at radius 2 is 1.67 bits per heavy atom. The Morgan fingerprint density at radius 1 is 1.08 bits per heavy atom. The van der Waals surface area contributed by atoms with E-state index in [-0.39, 0.29) is 31.5 Å². The molecule has 0 aromatic rings. The maximum atomic E-state index is 11.8. The van der Waals surface area contributed by atoms with Crippen molar-refractivity contribution in [3.63, 3.8) is 0 Å². The van der Waals surface area contributed by atoms with Gasteiger partial charge < -0.3 is 14.9 Å². The van der Waals surface area contributed by atoms with Gasteiger partial charge in [0.15, 0.2) is 5.78 Å². The summed E-state index contributed by atoms with van der Waals surface area (Å²) in [7, 11) is 0. The summed E-state index contributed by atoms with van der Waals surface area (Å²) < 4.78 is 5.23. The summed E-state index contributed by atoms with van der Waals surface area (Å²) in [5.74, 6) is -0.463. The predicted molar refractivity (Wildman–Crippen MR) is 94.4 cm³/mol. The topological polar surface area (TPSA) is 83.8 Å². The first kappa shape index (κ1) is 22.5. The number of ether oxygens (including phenoxy) is 1. The number of aliphatic hydroxyl groups excluding tert-OH is 2. The van der Waals surface area contributed by atoms with E-state index in [9.17, 15) is 19.8 Å². The zero-order valence-corrected chi connectivity index (χ0v) is 15.3. The highest BCUT2D eigenvalue weighted by atomic mass is 16.5. The minimum Gasteiger partial charge on any atom is -0.462 e. The van der Waals surface area contributed by atoms with Gasteiger partial charge in [-0.2, -0.15) is 0 Å². The lowest BCUT2D eigenvalue weighted by Gasteiger charge is -2.30. The third-order valence-corrected chi connectivity index (χ3v) is 4.56. The largest absolute Gasteiger partial charge is 0.462 e. The van der Waals surface area contributed by atoms with Crippen molar-refractivity contribution in [3.05, 3.63) is 24.3 Å². The average molecular weight is 340 g/mol. The smallest absolute Gasteiger partial charge is 0.333 e. The van der Waals surface area contributed by atoms with Crippen molar-refractivity contribution in [3.8, 4) is 0 Å². The molecule has 5 heteroatoms. The minimum absolute atomic E-state index is 0.00250. The maximum Gasteiger partial charge on any atom is 0.333 e. The van der Waals surface area contributed by atoms with Crippen LogP contribution in [0.2, 0.25) is 0 Å². The summed E-state index contributed by atoms with van der Waals surface area (Å²) in [4.78, 5) is 23.3.